The first-order valence-corrected chi connectivity index (χ1v) is 8.32. The Hall–Kier alpha value is -2.67. The highest BCUT2D eigenvalue weighted by Gasteiger charge is 2.30. The van der Waals surface area contributed by atoms with Crippen molar-refractivity contribution in [1.82, 2.24) is 25.1 Å². The summed E-state index contributed by atoms with van der Waals surface area (Å²) in [5, 5.41) is 11.7. The van der Waals surface area contributed by atoms with Crippen molar-refractivity contribution in [2.45, 2.75) is 18.9 Å². The Balaban J connectivity index is 1.54. The number of hydrogen-bond donors (Lipinski definition) is 3. The second-order valence-corrected chi connectivity index (χ2v) is 6.58. The maximum absolute atomic E-state index is 12.1. The third-order valence-electron chi connectivity index (χ3n) is 4.77. The zero-order valence-corrected chi connectivity index (χ0v) is 13.1. The van der Waals surface area contributed by atoms with Gasteiger partial charge in [-0.05, 0) is 30.5 Å². The summed E-state index contributed by atoms with van der Waals surface area (Å²) in [6.07, 6.45) is 7.78. The predicted molar refractivity (Wildman–Crippen MR) is 90.6 cm³/mol. The number of anilines is 1. The highest BCUT2D eigenvalue weighted by Crippen LogP contribution is 2.33. The molecule has 0 bridgehead atoms. The van der Waals surface area contributed by atoms with Gasteiger partial charge in [0.1, 0.15) is 11.5 Å². The summed E-state index contributed by atoms with van der Waals surface area (Å²) in [4.78, 5) is 19.7. The number of nitrogens with zero attached hydrogens (tertiary/aromatic N) is 3. The minimum absolute atomic E-state index is 0.0654. The number of nitrogens with one attached hydrogen (secondary N) is 3. The first kappa shape index (κ1) is 13.7. The molecule has 24 heavy (non-hydrogen) atoms. The number of pyridine rings is 1. The van der Waals surface area contributed by atoms with E-state index in [1.54, 1.807) is 0 Å². The number of hydrogen-bond acceptors (Lipinski definition) is 4. The lowest BCUT2D eigenvalue weighted by Gasteiger charge is -2.27. The van der Waals surface area contributed by atoms with E-state index in [1.807, 2.05) is 29.2 Å². The Morgan fingerprint density at radius 3 is 2.96 bits per heavy atom. The van der Waals surface area contributed by atoms with Crippen LogP contribution in [-0.4, -0.2) is 38.7 Å². The molecule has 0 aromatic carbocycles. The van der Waals surface area contributed by atoms with Crippen molar-refractivity contribution in [3.05, 3.63) is 30.7 Å². The second kappa shape index (κ2) is 5.17. The minimum Gasteiger partial charge on any atom is -0.346 e. The van der Waals surface area contributed by atoms with Gasteiger partial charge in [0.05, 0.1) is 12.2 Å². The molecule has 3 aromatic rings. The van der Waals surface area contributed by atoms with Crippen molar-refractivity contribution >= 4 is 22.8 Å². The average Bonchev–Trinajstić information content (AvgIpc) is 3.09. The zero-order chi connectivity index (χ0) is 16.1. The third-order valence-corrected chi connectivity index (χ3v) is 4.77. The standard InChI is InChI=1S/C17H18N6O/c24-17(10-1-2-10)22-15-5-14(13-3-4-19-16(13)21-15)11-6-20-23(9-11)12-7-18-8-12/h3-6,9-10,12,18H,1-2,7-8H2,(H2,19,21,22,24). The fourth-order valence-electron chi connectivity index (χ4n) is 3.05. The maximum Gasteiger partial charge on any atom is 0.228 e. The van der Waals surface area contributed by atoms with Crippen LogP contribution in [0.5, 0.6) is 0 Å². The predicted octanol–water partition coefficient (Wildman–Crippen LogP) is 1.92. The number of fused-ring (bicyclic) bond motifs is 1. The molecule has 2 fully saturated rings. The van der Waals surface area contributed by atoms with Gasteiger partial charge < -0.3 is 15.6 Å². The minimum atomic E-state index is 0.0654. The topological polar surface area (TPSA) is 87.6 Å². The number of rotatable bonds is 4. The number of H-pyrrole nitrogens is 1. The Kier molecular flexibility index (Phi) is 2.96. The van der Waals surface area contributed by atoms with E-state index in [0.29, 0.717) is 11.9 Å². The summed E-state index contributed by atoms with van der Waals surface area (Å²) >= 11 is 0. The molecule has 0 atom stereocenters. The summed E-state index contributed by atoms with van der Waals surface area (Å²) in [6.45, 7) is 1.92. The van der Waals surface area contributed by atoms with Crippen LogP contribution in [0.1, 0.15) is 18.9 Å². The van der Waals surface area contributed by atoms with Crippen molar-refractivity contribution < 1.29 is 4.79 Å². The highest BCUT2D eigenvalue weighted by molar-refractivity contribution is 5.98. The Morgan fingerprint density at radius 1 is 1.33 bits per heavy atom. The monoisotopic (exact) mass is 322 g/mol. The van der Waals surface area contributed by atoms with Gasteiger partial charge >= 0.3 is 0 Å². The lowest BCUT2D eigenvalue weighted by Crippen LogP contribution is -2.43. The SMILES string of the molecule is O=C(Nc1cc(-c2cnn(C3CNC3)c2)c2cc[nH]c2n1)C1CC1. The fourth-order valence-corrected chi connectivity index (χ4v) is 3.05. The van der Waals surface area contributed by atoms with Crippen LogP contribution >= 0.6 is 0 Å². The zero-order valence-electron chi connectivity index (χ0n) is 13.1. The van der Waals surface area contributed by atoms with Crippen LogP contribution in [0.25, 0.3) is 22.2 Å². The summed E-state index contributed by atoms with van der Waals surface area (Å²) in [7, 11) is 0. The molecule has 0 spiro atoms. The van der Waals surface area contributed by atoms with E-state index >= 15 is 0 Å². The maximum atomic E-state index is 12.1. The Morgan fingerprint density at radius 2 is 2.21 bits per heavy atom. The normalized spacial score (nSPS) is 17.8. The summed E-state index contributed by atoms with van der Waals surface area (Å²) in [6, 6.07) is 4.37. The second-order valence-electron chi connectivity index (χ2n) is 6.58. The summed E-state index contributed by atoms with van der Waals surface area (Å²) in [5.41, 5.74) is 2.85. The molecule has 3 aromatic heterocycles. The van der Waals surface area contributed by atoms with E-state index in [0.717, 1.165) is 48.1 Å². The molecular weight excluding hydrogens is 304 g/mol. The molecule has 7 heteroatoms. The lowest BCUT2D eigenvalue weighted by molar-refractivity contribution is -0.117. The Bertz CT molecular complexity index is 918. The molecular formula is C17H18N6O. The van der Waals surface area contributed by atoms with Crippen molar-refractivity contribution in [3.63, 3.8) is 0 Å². The van der Waals surface area contributed by atoms with Crippen molar-refractivity contribution in [2.75, 3.05) is 18.4 Å². The molecule has 1 saturated heterocycles. The number of aromatic nitrogens is 4. The lowest BCUT2D eigenvalue weighted by atomic mass is 10.1. The van der Waals surface area contributed by atoms with Crippen LogP contribution < -0.4 is 10.6 Å². The molecule has 3 N–H and O–H groups in total. The number of carbonyl (C=O) groups is 1. The van der Waals surface area contributed by atoms with Crippen LogP contribution in [0.2, 0.25) is 0 Å². The van der Waals surface area contributed by atoms with E-state index < -0.39 is 0 Å². The van der Waals surface area contributed by atoms with Crippen LogP contribution in [-0.2, 0) is 4.79 Å². The molecule has 2 aliphatic rings. The van der Waals surface area contributed by atoms with Gasteiger partial charge in [-0.2, -0.15) is 5.10 Å². The van der Waals surface area contributed by atoms with Crippen molar-refractivity contribution in [2.24, 2.45) is 5.92 Å². The first-order chi connectivity index (χ1) is 11.8. The number of carbonyl (C=O) groups excluding carboxylic acids is 1. The molecule has 4 heterocycles. The molecule has 122 valence electrons. The molecule has 1 aliphatic heterocycles. The van der Waals surface area contributed by atoms with Gasteiger partial charge in [0.25, 0.3) is 0 Å². The van der Waals surface area contributed by atoms with Gasteiger partial charge in [-0.15, -0.1) is 0 Å². The molecule has 1 amide bonds. The van der Waals surface area contributed by atoms with E-state index in [4.69, 9.17) is 0 Å². The van der Waals surface area contributed by atoms with Crippen LogP contribution in [0.3, 0.4) is 0 Å². The first-order valence-electron chi connectivity index (χ1n) is 8.32. The van der Waals surface area contributed by atoms with E-state index in [9.17, 15) is 4.79 Å². The van der Waals surface area contributed by atoms with E-state index in [2.05, 4.69) is 31.9 Å². The average molecular weight is 322 g/mol. The van der Waals surface area contributed by atoms with E-state index in [1.165, 1.54) is 0 Å². The summed E-state index contributed by atoms with van der Waals surface area (Å²) < 4.78 is 2.01. The van der Waals surface area contributed by atoms with Gasteiger partial charge in [-0.25, -0.2) is 4.98 Å². The molecule has 7 nitrogen and oxygen atoms in total. The number of amides is 1. The number of aromatic amines is 1. The molecule has 0 radical (unpaired) electrons. The summed E-state index contributed by atoms with van der Waals surface area (Å²) in [5.74, 6) is 0.814. The van der Waals surface area contributed by atoms with Crippen LogP contribution in [0, 0.1) is 5.92 Å². The van der Waals surface area contributed by atoms with E-state index in [-0.39, 0.29) is 11.8 Å². The molecule has 0 unspecified atom stereocenters. The van der Waals surface area contributed by atoms with Crippen molar-refractivity contribution in [1.29, 1.82) is 0 Å². The highest BCUT2D eigenvalue weighted by atomic mass is 16.2. The van der Waals surface area contributed by atoms with Gasteiger partial charge in [-0.3, -0.25) is 9.48 Å². The molecule has 1 saturated carbocycles. The van der Waals surface area contributed by atoms with Gasteiger partial charge in [-0.1, -0.05) is 0 Å². The van der Waals surface area contributed by atoms with Crippen LogP contribution in [0.15, 0.2) is 30.7 Å². The quantitative estimate of drug-likeness (QED) is 0.685. The van der Waals surface area contributed by atoms with Crippen LogP contribution in [0.4, 0.5) is 5.82 Å². The molecule has 1 aliphatic carbocycles. The smallest absolute Gasteiger partial charge is 0.228 e. The molecule has 5 rings (SSSR count). The van der Waals surface area contributed by atoms with Gasteiger partial charge in [0.15, 0.2) is 0 Å². The third kappa shape index (κ3) is 2.28. The van der Waals surface area contributed by atoms with Crippen molar-refractivity contribution in [3.8, 4) is 11.1 Å². The van der Waals surface area contributed by atoms with Gasteiger partial charge in [0, 0.05) is 42.4 Å². The van der Waals surface area contributed by atoms with Gasteiger partial charge in [0.2, 0.25) is 5.91 Å². The Labute approximate surface area is 138 Å². The largest absolute Gasteiger partial charge is 0.346 e. The fraction of sp³-hybridized carbons (Fsp3) is 0.353.